The van der Waals surface area contributed by atoms with Crippen molar-refractivity contribution in [2.24, 2.45) is 11.7 Å². The average molecular weight is 379 g/mol. The molecule has 0 aromatic heterocycles. The average Bonchev–Trinajstić information content (AvgIpc) is 2.36. The number of halogens is 1. The van der Waals surface area contributed by atoms with Gasteiger partial charge in [-0.1, -0.05) is 13.8 Å². The third kappa shape index (κ3) is 4.95. The molecule has 7 heteroatoms. The van der Waals surface area contributed by atoms with Gasteiger partial charge in [0.1, 0.15) is 5.75 Å². The topological polar surface area (TPSA) is 81.4 Å². The van der Waals surface area contributed by atoms with Crippen LogP contribution in [0.2, 0.25) is 0 Å². The van der Waals surface area contributed by atoms with Crippen molar-refractivity contribution in [3.8, 4) is 5.75 Å². The van der Waals surface area contributed by atoms with Crippen LogP contribution in [0.4, 0.5) is 0 Å². The highest BCUT2D eigenvalue weighted by atomic mass is 79.9. The molecule has 1 rings (SSSR count). The molecule has 1 unspecified atom stereocenters. The number of nitrogens with one attached hydrogen (secondary N) is 1. The Morgan fingerprint density at radius 3 is 2.48 bits per heavy atom. The van der Waals surface area contributed by atoms with Gasteiger partial charge in [0.25, 0.3) is 0 Å². The summed E-state index contributed by atoms with van der Waals surface area (Å²) in [6.07, 6.45) is 0.663. The molecular weight excluding hydrogens is 356 g/mol. The van der Waals surface area contributed by atoms with Crippen LogP contribution in [0.3, 0.4) is 0 Å². The van der Waals surface area contributed by atoms with E-state index in [1.54, 1.807) is 12.1 Å². The molecule has 0 heterocycles. The highest BCUT2D eigenvalue weighted by molar-refractivity contribution is 9.10. The molecule has 0 saturated carbocycles. The highest BCUT2D eigenvalue weighted by Crippen LogP contribution is 2.28. The second-order valence-corrected chi connectivity index (χ2v) is 8.27. The molecule has 0 fully saturated rings. The Morgan fingerprint density at radius 2 is 2.05 bits per heavy atom. The lowest BCUT2D eigenvalue weighted by Crippen LogP contribution is -2.52. The predicted molar refractivity (Wildman–Crippen MR) is 87.9 cm³/mol. The summed E-state index contributed by atoms with van der Waals surface area (Å²) in [7, 11) is -2.13. The number of sulfonamides is 1. The first-order valence-electron chi connectivity index (χ1n) is 6.71. The summed E-state index contributed by atoms with van der Waals surface area (Å²) in [5.41, 5.74) is 5.09. The zero-order valence-electron chi connectivity index (χ0n) is 12.8. The molecule has 5 nitrogen and oxygen atoms in total. The fraction of sp³-hybridized carbons (Fsp3) is 0.571. The molecule has 0 aliphatic carbocycles. The lowest BCUT2D eigenvalue weighted by molar-refractivity contribution is 0.344. The first-order valence-corrected chi connectivity index (χ1v) is 8.99. The summed E-state index contributed by atoms with van der Waals surface area (Å²) in [6, 6.07) is 4.75. The smallest absolute Gasteiger partial charge is 0.242 e. The fourth-order valence-corrected chi connectivity index (χ4v) is 4.76. The molecule has 1 aromatic carbocycles. The van der Waals surface area contributed by atoms with Gasteiger partial charge in [-0.3, -0.25) is 0 Å². The first-order chi connectivity index (χ1) is 9.63. The number of hydrogen-bond acceptors (Lipinski definition) is 4. The number of hydrogen-bond donors (Lipinski definition) is 2. The molecule has 21 heavy (non-hydrogen) atoms. The number of nitrogens with two attached hydrogens (primary N) is 1. The summed E-state index contributed by atoms with van der Waals surface area (Å²) in [5.74, 6) is 0.921. The second kappa shape index (κ2) is 7.09. The van der Waals surface area contributed by atoms with Crippen LogP contribution >= 0.6 is 15.9 Å². The Kier molecular flexibility index (Phi) is 6.22. The zero-order valence-corrected chi connectivity index (χ0v) is 15.2. The van der Waals surface area contributed by atoms with Crippen molar-refractivity contribution in [2.45, 2.75) is 37.6 Å². The van der Waals surface area contributed by atoms with E-state index >= 15 is 0 Å². The minimum Gasteiger partial charge on any atom is -0.497 e. The van der Waals surface area contributed by atoms with Crippen molar-refractivity contribution in [3.05, 3.63) is 22.7 Å². The highest BCUT2D eigenvalue weighted by Gasteiger charge is 2.31. The van der Waals surface area contributed by atoms with Crippen molar-refractivity contribution < 1.29 is 13.2 Å². The minimum atomic E-state index is -3.66. The second-order valence-electron chi connectivity index (χ2n) is 5.76. The maximum Gasteiger partial charge on any atom is 0.242 e. The van der Waals surface area contributed by atoms with Crippen LogP contribution in [0, 0.1) is 5.92 Å². The van der Waals surface area contributed by atoms with Crippen LogP contribution in [0.15, 0.2) is 27.6 Å². The van der Waals surface area contributed by atoms with E-state index in [0.717, 1.165) is 0 Å². The molecule has 1 atom stereocenters. The Hall–Kier alpha value is -0.630. The molecular formula is C14H23BrN2O3S. The van der Waals surface area contributed by atoms with E-state index in [-0.39, 0.29) is 11.4 Å². The molecule has 0 spiro atoms. The van der Waals surface area contributed by atoms with E-state index in [1.165, 1.54) is 13.2 Å². The van der Waals surface area contributed by atoms with E-state index in [9.17, 15) is 8.42 Å². The number of benzene rings is 1. The standard InChI is InChI=1S/C14H23BrN2O3S/c1-10(2)8-14(3,9-16)17-21(18,19)13-6-5-11(20-4)7-12(13)15/h5-7,10,17H,8-9,16H2,1-4H3. The van der Waals surface area contributed by atoms with Gasteiger partial charge in [-0.2, -0.15) is 0 Å². The number of methoxy groups -OCH3 is 1. The van der Waals surface area contributed by atoms with Gasteiger partial charge in [-0.05, 0) is 53.4 Å². The van der Waals surface area contributed by atoms with E-state index in [0.29, 0.717) is 22.6 Å². The zero-order chi connectivity index (χ0) is 16.3. The number of ether oxygens (including phenoxy) is 1. The Balaban J connectivity index is 3.11. The molecule has 0 aliphatic heterocycles. The van der Waals surface area contributed by atoms with Gasteiger partial charge in [0.15, 0.2) is 0 Å². The number of rotatable bonds is 7. The molecule has 0 aliphatic rings. The summed E-state index contributed by atoms with van der Waals surface area (Å²) < 4.78 is 33.4. The van der Waals surface area contributed by atoms with Crippen molar-refractivity contribution in [2.75, 3.05) is 13.7 Å². The molecule has 3 N–H and O–H groups in total. The van der Waals surface area contributed by atoms with E-state index in [1.807, 2.05) is 20.8 Å². The van der Waals surface area contributed by atoms with Gasteiger partial charge >= 0.3 is 0 Å². The largest absolute Gasteiger partial charge is 0.497 e. The summed E-state index contributed by atoms with van der Waals surface area (Å²) in [6.45, 7) is 6.12. The third-order valence-corrected chi connectivity index (χ3v) is 5.73. The lowest BCUT2D eigenvalue weighted by Gasteiger charge is -2.31. The van der Waals surface area contributed by atoms with Gasteiger partial charge in [-0.25, -0.2) is 13.1 Å². The van der Waals surface area contributed by atoms with Gasteiger partial charge in [0.2, 0.25) is 10.0 Å². The molecule has 1 aromatic rings. The summed E-state index contributed by atoms with van der Waals surface area (Å²) in [4.78, 5) is 0.173. The van der Waals surface area contributed by atoms with Crippen molar-refractivity contribution in [1.29, 1.82) is 0 Å². The quantitative estimate of drug-likeness (QED) is 0.763. The van der Waals surface area contributed by atoms with Crippen molar-refractivity contribution in [1.82, 2.24) is 4.72 Å². The van der Waals surface area contributed by atoms with Crippen LogP contribution < -0.4 is 15.2 Å². The van der Waals surface area contributed by atoms with Gasteiger partial charge in [-0.15, -0.1) is 0 Å². The van der Waals surface area contributed by atoms with E-state index in [4.69, 9.17) is 10.5 Å². The molecule has 0 bridgehead atoms. The van der Waals surface area contributed by atoms with Crippen LogP contribution in [0.25, 0.3) is 0 Å². The van der Waals surface area contributed by atoms with Crippen molar-refractivity contribution in [3.63, 3.8) is 0 Å². The maximum atomic E-state index is 12.6. The SMILES string of the molecule is COc1ccc(S(=O)(=O)NC(C)(CN)CC(C)C)c(Br)c1. The van der Waals surface area contributed by atoms with E-state index < -0.39 is 15.6 Å². The van der Waals surface area contributed by atoms with Gasteiger partial charge < -0.3 is 10.5 Å². The van der Waals surface area contributed by atoms with Crippen LogP contribution in [-0.2, 0) is 10.0 Å². The van der Waals surface area contributed by atoms with Crippen LogP contribution in [-0.4, -0.2) is 27.6 Å². The summed E-state index contributed by atoms with van der Waals surface area (Å²) in [5, 5.41) is 0. The predicted octanol–water partition coefficient (Wildman–Crippen LogP) is 2.50. The Morgan fingerprint density at radius 1 is 1.43 bits per heavy atom. The maximum absolute atomic E-state index is 12.6. The Labute approximate surface area is 135 Å². The molecule has 0 saturated heterocycles. The Bertz CT molecular complexity index is 590. The third-order valence-electron chi connectivity index (χ3n) is 3.12. The van der Waals surface area contributed by atoms with Crippen LogP contribution in [0.5, 0.6) is 5.75 Å². The van der Waals surface area contributed by atoms with Crippen molar-refractivity contribution >= 4 is 26.0 Å². The normalized spacial score (nSPS) is 15.0. The molecule has 120 valence electrons. The van der Waals surface area contributed by atoms with Gasteiger partial charge in [0, 0.05) is 16.6 Å². The first kappa shape index (κ1) is 18.4. The fourth-order valence-electron chi connectivity index (χ4n) is 2.27. The molecule has 0 amide bonds. The lowest BCUT2D eigenvalue weighted by atomic mass is 9.92. The summed E-state index contributed by atoms with van der Waals surface area (Å²) >= 11 is 3.27. The molecule has 0 radical (unpaired) electrons. The minimum absolute atomic E-state index is 0.173. The van der Waals surface area contributed by atoms with Crippen LogP contribution in [0.1, 0.15) is 27.2 Å². The monoisotopic (exact) mass is 378 g/mol. The van der Waals surface area contributed by atoms with E-state index in [2.05, 4.69) is 20.7 Å². The van der Waals surface area contributed by atoms with Gasteiger partial charge in [0.05, 0.1) is 12.0 Å².